The summed E-state index contributed by atoms with van der Waals surface area (Å²) in [6, 6.07) is 13.1. The Hall–Kier alpha value is -3.30. The second kappa shape index (κ2) is 12.6. The van der Waals surface area contributed by atoms with E-state index in [1.165, 1.54) is 6.07 Å². The predicted molar refractivity (Wildman–Crippen MR) is 133 cm³/mol. The lowest BCUT2D eigenvalue weighted by atomic mass is 9.85. The topological polar surface area (TPSA) is 119 Å². The first-order valence-electron chi connectivity index (χ1n) is 11.9. The number of hydroxylamine groups is 2. The molecule has 0 bridgehead atoms. The molecule has 0 spiro atoms. The Bertz CT molecular complexity index is 1040. The van der Waals surface area contributed by atoms with E-state index in [9.17, 15) is 29.1 Å². The Labute approximate surface area is 211 Å². The van der Waals surface area contributed by atoms with Gasteiger partial charge < -0.3 is 15.7 Å². The van der Waals surface area contributed by atoms with Crippen LogP contribution in [0.4, 0.5) is 4.39 Å². The van der Waals surface area contributed by atoms with Crippen molar-refractivity contribution in [2.45, 2.75) is 59.2 Å². The van der Waals surface area contributed by atoms with Crippen LogP contribution in [0, 0.1) is 17.2 Å². The van der Waals surface area contributed by atoms with Gasteiger partial charge in [0, 0.05) is 5.56 Å². The zero-order valence-electron chi connectivity index (χ0n) is 21.4. The molecule has 9 heteroatoms. The third-order valence-corrected chi connectivity index (χ3v) is 5.53. The van der Waals surface area contributed by atoms with Gasteiger partial charge in [-0.3, -0.25) is 19.6 Å². The van der Waals surface area contributed by atoms with Crippen molar-refractivity contribution in [3.05, 3.63) is 71.5 Å². The normalized spacial score (nSPS) is 14.0. The number of hydrogen-bond donors (Lipinski definition) is 4. The first-order valence-corrected chi connectivity index (χ1v) is 11.9. The zero-order chi connectivity index (χ0) is 27.0. The lowest BCUT2D eigenvalue weighted by Crippen LogP contribution is -2.55. The molecule has 1 unspecified atom stereocenters. The van der Waals surface area contributed by atoms with Crippen molar-refractivity contribution < 1.29 is 29.1 Å². The summed E-state index contributed by atoms with van der Waals surface area (Å²) in [5.41, 5.74) is 0.167. The van der Waals surface area contributed by atoms with Crippen molar-refractivity contribution >= 4 is 17.7 Å². The van der Waals surface area contributed by atoms with E-state index in [1.54, 1.807) is 77.1 Å². The number of aliphatic hydroxyl groups is 1. The number of hydrogen-bond acceptors (Lipinski definition) is 5. The van der Waals surface area contributed by atoms with Gasteiger partial charge in [0.1, 0.15) is 18.0 Å². The average molecular weight is 502 g/mol. The average Bonchev–Trinajstić information content (AvgIpc) is 2.80. The summed E-state index contributed by atoms with van der Waals surface area (Å²) in [5, 5.41) is 25.8. The van der Waals surface area contributed by atoms with E-state index in [4.69, 9.17) is 0 Å². The summed E-state index contributed by atoms with van der Waals surface area (Å²) in [6.07, 6.45) is -2.41. The molecule has 0 aliphatic carbocycles. The monoisotopic (exact) mass is 501 g/mol. The SMILES string of the molecule is CC(C)CN(O)C(=O)[C@@H](O)CC(=O)N[C@H](C(=O)NC(c1ccccc1)c1ccccc1F)C(C)(C)C. The molecule has 0 fully saturated rings. The Kier molecular flexibility index (Phi) is 10.1. The third kappa shape index (κ3) is 8.13. The lowest BCUT2D eigenvalue weighted by molar-refractivity contribution is -0.177. The Morgan fingerprint density at radius 3 is 2.11 bits per heavy atom. The molecule has 0 aliphatic rings. The number of nitrogens with one attached hydrogen (secondary N) is 2. The molecular weight excluding hydrogens is 465 g/mol. The second-order valence-corrected chi connectivity index (χ2v) is 10.3. The molecule has 3 atom stereocenters. The molecule has 2 aromatic carbocycles. The minimum atomic E-state index is -1.77. The van der Waals surface area contributed by atoms with Gasteiger partial charge in [-0.25, -0.2) is 9.45 Å². The van der Waals surface area contributed by atoms with Gasteiger partial charge in [-0.05, 0) is 23.0 Å². The van der Waals surface area contributed by atoms with Crippen LogP contribution in [0.3, 0.4) is 0 Å². The summed E-state index contributed by atoms with van der Waals surface area (Å²) < 4.78 is 14.7. The van der Waals surface area contributed by atoms with Crippen molar-refractivity contribution in [1.82, 2.24) is 15.7 Å². The van der Waals surface area contributed by atoms with E-state index >= 15 is 0 Å². The largest absolute Gasteiger partial charge is 0.383 e. The smallest absolute Gasteiger partial charge is 0.275 e. The Balaban J connectivity index is 2.21. The van der Waals surface area contributed by atoms with Crippen molar-refractivity contribution in [3.63, 3.8) is 0 Å². The fourth-order valence-electron chi connectivity index (χ4n) is 3.69. The number of halogens is 1. The Morgan fingerprint density at radius 1 is 0.972 bits per heavy atom. The van der Waals surface area contributed by atoms with Gasteiger partial charge in [-0.1, -0.05) is 83.1 Å². The van der Waals surface area contributed by atoms with Crippen molar-refractivity contribution in [3.8, 4) is 0 Å². The number of benzene rings is 2. The van der Waals surface area contributed by atoms with Crippen LogP contribution in [0.1, 0.15) is 58.2 Å². The number of amides is 3. The molecule has 0 saturated heterocycles. The number of aliphatic hydroxyl groups excluding tert-OH is 1. The van der Waals surface area contributed by atoms with Crippen LogP contribution in [0.5, 0.6) is 0 Å². The highest BCUT2D eigenvalue weighted by Gasteiger charge is 2.35. The molecule has 0 saturated carbocycles. The summed E-state index contributed by atoms with van der Waals surface area (Å²) >= 11 is 0. The molecule has 0 heterocycles. The summed E-state index contributed by atoms with van der Waals surface area (Å²) in [7, 11) is 0. The predicted octanol–water partition coefficient (Wildman–Crippen LogP) is 3.19. The molecule has 0 aliphatic heterocycles. The fourth-order valence-corrected chi connectivity index (χ4v) is 3.69. The molecule has 196 valence electrons. The van der Waals surface area contributed by atoms with E-state index in [-0.39, 0.29) is 18.0 Å². The van der Waals surface area contributed by atoms with E-state index in [2.05, 4.69) is 10.6 Å². The molecule has 4 N–H and O–H groups in total. The molecule has 36 heavy (non-hydrogen) atoms. The van der Waals surface area contributed by atoms with Gasteiger partial charge >= 0.3 is 0 Å². The van der Waals surface area contributed by atoms with Crippen LogP contribution in [0.15, 0.2) is 54.6 Å². The van der Waals surface area contributed by atoms with Crippen molar-refractivity contribution in [2.24, 2.45) is 11.3 Å². The minimum absolute atomic E-state index is 0.00144. The first-order chi connectivity index (χ1) is 16.8. The standard InChI is InChI=1S/C27H36FN3O5/c1-17(2)16-31(36)26(35)21(32)15-22(33)29-24(27(3,4)5)25(34)30-23(18-11-7-6-8-12-18)19-13-9-10-14-20(19)28/h6-14,17,21,23-24,32,36H,15-16H2,1-5H3,(H,29,33)(H,30,34)/t21-,23?,24+/m0/s1. The number of carbonyl (C=O) groups is 3. The highest BCUT2D eigenvalue weighted by molar-refractivity contribution is 5.91. The highest BCUT2D eigenvalue weighted by Crippen LogP contribution is 2.26. The van der Waals surface area contributed by atoms with E-state index in [0.717, 1.165) is 0 Å². The number of nitrogens with zero attached hydrogens (tertiary/aromatic N) is 1. The van der Waals surface area contributed by atoms with Gasteiger partial charge in [0.05, 0.1) is 19.0 Å². The minimum Gasteiger partial charge on any atom is -0.383 e. The summed E-state index contributed by atoms with van der Waals surface area (Å²) in [6.45, 7) is 8.81. The van der Waals surface area contributed by atoms with E-state index < -0.39 is 53.6 Å². The molecular formula is C27H36FN3O5. The van der Waals surface area contributed by atoms with Gasteiger partial charge in [0.2, 0.25) is 11.8 Å². The first kappa shape index (κ1) is 28.9. The van der Waals surface area contributed by atoms with Crippen LogP contribution < -0.4 is 10.6 Å². The molecule has 2 rings (SSSR count). The molecule has 3 amide bonds. The van der Waals surface area contributed by atoms with E-state index in [1.807, 2.05) is 6.07 Å². The van der Waals surface area contributed by atoms with Crippen molar-refractivity contribution in [1.29, 1.82) is 0 Å². The summed E-state index contributed by atoms with van der Waals surface area (Å²) in [5.74, 6) is -2.83. The van der Waals surface area contributed by atoms with Crippen LogP contribution in [-0.2, 0) is 14.4 Å². The second-order valence-electron chi connectivity index (χ2n) is 10.3. The number of carbonyl (C=O) groups excluding carboxylic acids is 3. The lowest BCUT2D eigenvalue weighted by Gasteiger charge is -2.32. The maximum absolute atomic E-state index is 14.7. The molecule has 0 aromatic heterocycles. The Morgan fingerprint density at radius 2 is 1.56 bits per heavy atom. The van der Waals surface area contributed by atoms with E-state index in [0.29, 0.717) is 10.6 Å². The third-order valence-electron chi connectivity index (χ3n) is 5.53. The maximum Gasteiger partial charge on any atom is 0.275 e. The molecule has 8 nitrogen and oxygen atoms in total. The van der Waals surface area contributed by atoms with Gasteiger partial charge in [0.15, 0.2) is 0 Å². The van der Waals surface area contributed by atoms with Crippen LogP contribution >= 0.6 is 0 Å². The quantitative estimate of drug-likeness (QED) is 0.295. The van der Waals surface area contributed by atoms with Crippen LogP contribution in [0.25, 0.3) is 0 Å². The van der Waals surface area contributed by atoms with Gasteiger partial charge in [-0.15, -0.1) is 0 Å². The fraction of sp³-hybridized carbons (Fsp3) is 0.444. The van der Waals surface area contributed by atoms with Crippen molar-refractivity contribution in [2.75, 3.05) is 6.54 Å². The number of rotatable bonds is 10. The zero-order valence-corrected chi connectivity index (χ0v) is 21.4. The van der Waals surface area contributed by atoms with Gasteiger partial charge in [0.25, 0.3) is 5.91 Å². The van der Waals surface area contributed by atoms with Crippen LogP contribution in [-0.4, -0.2) is 51.8 Å². The molecule has 2 aromatic rings. The summed E-state index contributed by atoms with van der Waals surface area (Å²) in [4.78, 5) is 38.3. The highest BCUT2D eigenvalue weighted by atomic mass is 19.1. The molecule has 0 radical (unpaired) electrons. The maximum atomic E-state index is 14.7. The van der Waals surface area contributed by atoms with Gasteiger partial charge in [-0.2, -0.15) is 0 Å². The van der Waals surface area contributed by atoms with Crippen LogP contribution in [0.2, 0.25) is 0 Å².